The van der Waals surface area contributed by atoms with Crippen LogP contribution in [0.5, 0.6) is 0 Å². The van der Waals surface area contributed by atoms with Crippen LogP contribution in [0.15, 0.2) is 24.3 Å². The van der Waals surface area contributed by atoms with Crippen molar-refractivity contribution < 1.29 is 58.9 Å². The second-order valence-electron chi connectivity index (χ2n) is 6.30. The monoisotopic (exact) mass is 406 g/mol. The molecule has 0 aliphatic rings. The molecule has 0 aliphatic carbocycles. The molecule has 0 bridgehead atoms. The zero-order valence-corrected chi connectivity index (χ0v) is 18.8. The molecular weight excluding hydrogens is 382 g/mol. The van der Waals surface area contributed by atoms with Gasteiger partial charge in [-0.05, 0) is 73.4 Å². The van der Waals surface area contributed by atoms with Gasteiger partial charge in [-0.15, -0.1) is 5.56 Å². The van der Waals surface area contributed by atoms with Crippen molar-refractivity contribution in [2.75, 3.05) is 0 Å². The zero-order valence-electron chi connectivity index (χ0n) is 14.9. The molecule has 0 atom stereocenters. The fourth-order valence-corrected chi connectivity index (χ4v) is 3.37. The van der Waals surface area contributed by atoms with Gasteiger partial charge in [-0.25, -0.2) is 12.1 Å². The van der Waals surface area contributed by atoms with Crippen molar-refractivity contribution >= 4 is 0 Å². The van der Waals surface area contributed by atoms with Crippen molar-refractivity contribution in [2.24, 2.45) is 0 Å². The Bertz CT molecular complexity index is 585. The Morgan fingerprint density at radius 2 is 0.957 bits per heavy atom. The van der Waals surface area contributed by atoms with Gasteiger partial charge in [0.25, 0.3) is 0 Å². The average Bonchev–Trinajstić information content (AvgIpc) is 2.88. The number of hydrogen-bond donors (Lipinski definition) is 0. The minimum atomic E-state index is 0. The Labute approximate surface area is 175 Å². The van der Waals surface area contributed by atoms with Crippen LogP contribution in [0, 0.1) is 34.6 Å². The van der Waals surface area contributed by atoms with E-state index in [1.165, 1.54) is 38.9 Å². The predicted molar refractivity (Wildman–Crippen MR) is 84.3 cm³/mol. The standard InChI is InChI=1S/C19H25.3ClH.Ti/c1-12-13(2)15(4)18(16(5)14(12)3)19(6,7)17-10-8-9-11-17;;;;/h8-11H,1-7H3;3*1H;/q-1;;;;+4/p-3. The fraction of sp³-hybridized carbons (Fsp3) is 0.421. The van der Waals surface area contributed by atoms with Crippen LogP contribution in [-0.2, 0) is 27.1 Å². The fourth-order valence-electron chi connectivity index (χ4n) is 3.37. The second-order valence-corrected chi connectivity index (χ2v) is 6.30. The first kappa shape index (κ1) is 28.0. The topological polar surface area (TPSA) is 0 Å². The predicted octanol–water partition coefficient (Wildman–Crippen LogP) is -3.72. The summed E-state index contributed by atoms with van der Waals surface area (Å²) in [5.74, 6) is 0. The maximum Gasteiger partial charge on any atom is 4.00 e. The Hall–Kier alpha value is 0.154. The third-order valence-corrected chi connectivity index (χ3v) is 5.01. The van der Waals surface area contributed by atoms with Gasteiger partial charge >= 0.3 is 21.7 Å². The molecule has 0 saturated carbocycles. The Kier molecular flexibility index (Phi) is 12.4. The smallest absolute Gasteiger partial charge is 1.00 e. The van der Waals surface area contributed by atoms with Gasteiger partial charge in [-0.3, -0.25) is 0 Å². The molecule has 0 amide bonds. The van der Waals surface area contributed by atoms with Gasteiger partial charge in [0.2, 0.25) is 0 Å². The van der Waals surface area contributed by atoms with E-state index >= 15 is 0 Å². The maximum absolute atomic E-state index is 2.34. The number of halogens is 3. The molecule has 0 N–H and O–H groups in total. The molecular formula is C19H25Cl3Ti. The quantitative estimate of drug-likeness (QED) is 0.355. The van der Waals surface area contributed by atoms with Crippen LogP contribution in [-0.4, -0.2) is 0 Å². The molecule has 126 valence electrons. The van der Waals surface area contributed by atoms with E-state index < -0.39 is 0 Å². The molecule has 0 aromatic heterocycles. The van der Waals surface area contributed by atoms with Gasteiger partial charge < -0.3 is 37.2 Å². The molecule has 4 heteroatoms. The third kappa shape index (κ3) is 4.83. The van der Waals surface area contributed by atoms with Gasteiger partial charge in [-0.1, -0.05) is 13.8 Å². The molecule has 0 spiro atoms. The largest absolute Gasteiger partial charge is 4.00 e. The van der Waals surface area contributed by atoms with Gasteiger partial charge in [0.1, 0.15) is 0 Å². The molecule has 2 aromatic carbocycles. The van der Waals surface area contributed by atoms with E-state index in [9.17, 15) is 0 Å². The van der Waals surface area contributed by atoms with Crippen LogP contribution in [0.4, 0.5) is 0 Å². The van der Waals surface area contributed by atoms with Crippen molar-refractivity contribution in [1.29, 1.82) is 0 Å². The van der Waals surface area contributed by atoms with Gasteiger partial charge in [-0.2, -0.15) is 12.1 Å². The van der Waals surface area contributed by atoms with E-state index in [0.29, 0.717) is 0 Å². The summed E-state index contributed by atoms with van der Waals surface area (Å²) in [6.45, 7) is 16.0. The summed E-state index contributed by atoms with van der Waals surface area (Å²) in [4.78, 5) is 0. The van der Waals surface area contributed by atoms with E-state index in [2.05, 4.69) is 72.7 Å². The summed E-state index contributed by atoms with van der Waals surface area (Å²) in [7, 11) is 0. The number of rotatable bonds is 2. The molecule has 0 fully saturated rings. The zero-order chi connectivity index (χ0) is 14.4. The Balaban J connectivity index is -0.000001000. The number of hydrogen-bond acceptors (Lipinski definition) is 0. The summed E-state index contributed by atoms with van der Waals surface area (Å²) in [6.07, 6.45) is 0. The Morgan fingerprint density at radius 1 is 0.652 bits per heavy atom. The van der Waals surface area contributed by atoms with Crippen molar-refractivity contribution in [2.45, 2.75) is 53.9 Å². The van der Waals surface area contributed by atoms with Crippen LogP contribution >= 0.6 is 0 Å². The van der Waals surface area contributed by atoms with E-state index in [-0.39, 0.29) is 64.4 Å². The van der Waals surface area contributed by atoms with Crippen molar-refractivity contribution in [3.05, 3.63) is 63.2 Å². The van der Waals surface area contributed by atoms with Crippen molar-refractivity contribution in [3.8, 4) is 0 Å². The summed E-state index contributed by atoms with van der Waals surface area (Å²) in [5.41, 5.74) is 10.2. The molecule has 2 aromatic rings. The van der Waals surface area contributed by atoms with Gasteiger partial charge in [0.05, 0.1) is 0 Å². The second kappa shape index (κ2) is 10.2. The molecule has 23 heavy (non-hydrogen) atoms. The van der Waals surface area contributed by atoms with E-state index in [4.69, 9.17) is 0 Å². The minimum absolute atomic E-state index is 0. The first-order valence-corrected chi connectivity index (χ1v) is 7.08. The van der Waals surface area contributed by atoms with Crippen LogP contribution < -0.4 is 37.2 Å². The molecule has 0 aliphatic heterocycles. The summed E-state index contributed by atoms with van der Waals surface area (Å²) in [5, 5.41) is 0. The Morgan fingerprint density at radius 3 is 1.30 bits per heavy atom. The van der Waals surface area contributed by atoms with Gasteiger partial charge in [0.15, 0.2) is 0 Å². The minimum Gasteiger partial charge on any atom is -1.00 e. The summed E-state index contributed by atoms with van der Waals surface area (Å²) < 4.78 is 0. The average molecular weight is 408 g/mol. The molecule has 0 radical (unpaired) electrons. The third-order valence-electron chi connectivity index (χ3n) is 5.01. The van der Waals surface area contributed by atoms with E-state index in [1.807, 2.05) is 0 Å². The van der Waals surface area contributed by atoms with Gasteiger partial charge in [0, 0.05) is 0 Å². The van der Waals surface area contributed by atoms with Crippen LogP contribution in [0.1, 0.15) is 52.8 Å². The first-order chi connectivity index (χ1) is 8.78. The first-order valence-electron chi connectivity index (χ1n) is 7.08. The number of benzene rings is 1. The summed E-state index contributed by atoms with van der Waals surface area (Å²) >= 11 is 0. The normalized spacial score (nSPS) is 9.87. The SMILES string of the molecule is Cc1c(C)c(C)c(C(C)(C)[c-]2cccc2)c(C)c1C.[Cl-].[Cl-].[Cl-].[Ti+4]. The molecule has 2 rings (SSSR count). The van der Waals surface area contributed by atoms with E-state index in [0.717, 1.165) is 0 Å². The molecule has 0 heterocycles. The molecule has 0 saturated heterocycles. The van der Waals surface area contributed by atoms with Crippen LogP contribution in [0.3, 0.4) is 0 Å². The van der Waals surface area contributed by atoms with Crippen LogP contribution in [0.2, 0.25) is 0 Å². The molecule has 0 unspecified atom stereocenters. The van der Waals surface area contributed by atoms with E-state index in [1.54, 1.807) is 0 Å². The maximum atomic E-state index is 2.34. The van der Waals surface area contributed by atoms with Crippen LogP contribution in [0.25, 0.3) is 0 Å². The van der Waals surface area contributed by atoms with Crippen molar-refractivity contribution in [3.63, 3.8) is 0 Å². The van der Waals surface area contributed by atoms with Crippen molar-refractivity contribution in [1.82, 2.24) is 0 Å². The molecule has 0 nitrogen and oxygen atoms in total. The summed E-state index contributed by atoms with van der Waals surface area (Å²) in [6, 6.07) is 8.75.